The number of carbonyl (C=O) groups is 2. The van der Waals surface area contributed by atoms with E-state index in [1.54, 1.807) is 21.9 Å². The van der Waals surface area contributed by atoms with E-state index in [1.165, 1.54) is 0 Å². The summed E-state index contributed by atoms with van der Waals surface area (Å²) in [4.78, 5) is 28.5. The average molecular weight is 377 g/mol. The molecule has 1 aliphatic rings. The molecule has 1 fully saturated rings. The lowest BCUT2D eigenvalue weighted by atomic mass is 10.2. The molecule has 23 heavy (non-hydrogen) atoms. The molecule has 2 heterocycles. The number of hydrogen-bond donors (Lipinski definition) is 0. The van der Waals surface area contributed by atoms with Gasteiger partial charge in [0.05, 0.1) is 0 Å². The molecule has 1 aromatic carbocycles. The third-order valence-electron chi connectivity index (χ3n) is 3.88. The molecule has 0 aliphatic carbocycles. The second kappa shape index (κ2) is 7.00. The Bertz CT molecular complexity index is 699. The van der Waals surface area contributed by atoms with Crippen molar-refractivity contribution in [1.82, 2.24) is 9.80 Å². The van der Waals surface area contributed by atoms with Gasteiger partial charge in [-0.05, 0) is 46.6 Å². The summed E-state index contributed by atoms with van der Waals surface area (Å²) in [5.41, 5.74) is 0.683. The highest BCUT2D eigenvalue weighted by Crippen LogP contribution is 2.17. The normalized spacial score (nSPS) is 15.3. The van der Waals surface area contributed by atoms with Gasteiger partial charge < -0.3 is 14.2 Å². The predicted octanol–water partition coefficient (Wildman–Crippen LogP) is 3.03. The number of benzene rings is 1. The molecular weight excluding hydrogens is 360 g/mol. The fraction of sp³-hybridized carbons (Fsp3) is 0.294. The molecule has 1 aliphatic heterocycles. The fourth-order valence-corrected chi connectivity index (χ4v) is 2.98. The Morgan fingerprint density at radius 1 is 0.870 bits per heavy atom. The lowest BCUT2D eigenvalue weighted by Gasteiger charge is -2.21. The molecule has 2 amide bonds. The van der Waals surface area contributed by atoms with Crippen molar-refractivity contribution in [3.63, 3.8) is 0 Å². The fourth-order valence-electron chi connectivity index (χ4n) is 2.67. The zero-order valence-electron chi connectivity index (χ0n) is 12.6. The molecular formula is C17H17BrN2O3. The van der Waals surface area contributed by atoms with Crippen LogP contribution in [-0.4, -0.2) is 47.8 Å². The van der Waals surface area contributed by atoms with Crippen molar-refractivity contribution < 1.29 is 14.0 Å². The van der Waals surface area contributed by atoms with Crippen LogP contribution in [0.1, 0.15) is 27.3 Å². The van der Waals surface area contributed by atoms with Gasteiger partial charge in [-0.1, -0.05) is 18.2 Å². The molecule has 0 spiro atoms. The van der Waals surface area contributed by atoms with Crippen molar-refractivity contribution in [2.75, 3.05) is 26.2 Å². The van der Waals surface area contributed by atoms with Crippen molar-refractivity contribution in [3.05, 3.63) is 58.5 Å². The van der Waals surface area contributed by atoms with Crippen LogP contribution in [0.15, 0.2) is 51.6 Å². The van der Waals surface area contributed by atoms with Crippen LogP contribution in [0.5, 0.6) is 0 Å². The molecule has 0 N–H and O–H groups in total. The third-order valence-corrected chi connectivity index (χ3v) is 4.30. The number of halogens is 1. The van der Waals surface area contributed by atoms with Gasteiger partial charge >= 0.3 is 0 Å². The van der Waals surface area contributed by atoms with Crippen molar-refractivity contribution in [2.45, 2.75) is 6.42 Å². The van der Waals surface area contributed by atoms with Gasteiger partial charge in [0.1, 0.15) is 0 Å². The quantitative estimate of drug-likeness (QED) is 0.809. The van der Waals surface area contributed by atoms with E-state index in [0.29, 0.717) is 42.2 Å². The second-order valence-electron chi connectivity index (χ2n) is 5.41. The first-order valence-corrected chi connectivity index (χ1v) is 8.33. The number of rotatable bonds is 2. The van der Waals surface area contributed by atoms with Gasteiger partial charge in [0.2, 0.25) is 0 Å². The maximum atomic E-state index is 12.5. The summed E-state index contributed by atoms with van der Waals surface area (Å²) >= 11 is 3.20. The largest absolute Gasteiger partial charge is 0.444 e. The van der Waals surface area contributed by atoms with Crippen LogP contribution < -0.4 is 0 Å². The van der Waals surface area contributed by atoms with Crippen molar-refractivity contribution >= 4 is 27.7 Å². The topological polar surface area (TPSA) is 53.8 Å². The summed E-state index contributed by atoms with van der Waals surface area (Å²) in [6.45, 7) is 2.31. The van der Waals surface area contributed by atoms with E-state index in [9.17, 15) is 9.59 Å². The van der Waals surface area contributed by atoms with Crippen LogP contribution >= 0.6 is 15.9 Å². The molecule has 6 heteroatoms. The lowest BCUT2D eigenvalue weighted by molar-refractivity contribution is 0.0699. The molecule has 120 valence electrons. The Labute approximate surface area is 143 Å². The molecule has 0 unspecified atom stereocenters. The Balaban J connectivity index is 1.65. The number of carbonyl (C=O) groups excluding carboxylic acids is 2. The van der Waals surface area contributed by atoms with E-state index in [-0.39, 0.29) is 11.8 Å². The monoisotopic (exact) mass is 376 g/mol. The van der Waals surface area contributed by atoms with Crippen molar-refractivity contribution in [3.8, 4) is 0 Å². The van der Waals surface area contributed by atoms with Gasteiger partial charge in [-0.25, -0.2) is 0 Å². The van der Waals surface area contributed by atoms with Gasteiger partial charge in [0.15, 0.2) is 10.4 Å². The second-order valence-corrected chi connectivity index (χ2v) is 6.19. The first-order chi connectivity index (χ1) is 11.1. The summed E-state index contributed by atoms with van der Waals surface area (Å²) < 4.78 is 5.87. The zero-order chi connectivity index (χ0) is 16.2. The summed E-state index contributed by atoms with van der Waals surface area (Å²) in [7, 11) is 0. The molecule has 0 radical (unpaired) electrons. The Hall–Kier alpha value is -2.08. The number of hydrogen-bond acceptors (Lipinski definition) is 3. The number of nitrogens with zero attached hydrogens (tertiary/aromatic N) is 2. The Kier molecular flexibility index (Phi) is 4.81. The lowest BCUT2D eigenvalue weighted by Crippen LogP contribution is -2.37. The van der Waals surface area contributed by atoms with Crippen LogP contribution in [-0.2, 0) is 0 Å². The molecule has 1 saturated heterocycles. The standard InChI is InChI=1S/C17H17BrN2O3/c18-15-8-7-14(23-15)17(22)20-10-4-9-19(11-12-20)16(21)13-5-2-1-3-6-13/h1-3,5-8H,4,9-12H2. The van der Waals surface area contributed by atoms with E-state index in [2.05, 4.69) is 15.9 Å². The minimum Gasteiger partial charge on any atom is -0.444 e. The summed E-state index contributed by atoms with van der Waals surface area (Å²) in [6, 6.07) is 12.6. The van der Waals surface area contributed by atoms with Crippen LogP contribution in [0.25, 0.3) is 0 Å². The van der Waals surface area contributed by atoms with Gasteiger partial charge in [-0.15, -0.1) is 0 Å². The SMILES string of the molecule is O=C(c1ccccc1)N1CCCN(C(=O)c2ccc(Br)o2)CC1. The minimum absolute atomic E-state index is 0.0145. The molecule has 5 nitrogen and oxygen atoms in total. The first kappa shape index (κ1) is 15.8. The van der Waals surface area contributed by atoms with Crippen molar-refractivity contribution in [1.29, 1.82) is 0 Å². The van der Waals surface area contributed by atoms with Gasteiger partial charge in [0, 0.05) is 31.7 Å². The average Bonchev–Trinajstić information content (AvgIpc) is 2.87. The van der Waals surface area contributed by atoms with E-state index in [0.717, 1.165) is 6.42 Å². The van der Waals surface area contributed by atoms with E-state index >= 15 is 0 Å². The molecule has 0 saturated carbocycles. The molecule has 1 aromatic heterocycles. The highest BCUT2D eigenvalue weighted by Gasteiger charge is 2.24. The predicted molar refractivity (Wildman–Crippen MR) is 89.3 cm³/mol. The van der Waals surface area contributed by atoms with E-state index in [1.807, 2.05) is 30.3 Å². The van der Waals surface area contributed by atoms with Crippen LogP contribution in [0.4, 0.5) is 0 Å². The smallest absolute Gasteiger partial charge is 0.289 e. The maximum Gasteiger partial charge on any atom is 0.289 e. The van der Waals surface area contributed by atoms with Gasteiger partial charge in [-0.3, -0.25) is 9.59 Å². The summed E-state index contributed by atoms with van der Waals surface area (Å²) in [5, 5.41) is 0. The van der Waals surface area contributed by atoms with Crippen LogP contribution in [0.3, 0.4) is 0 Å². The highest BCUT2D eigenvalue weighted by atomic mass is 79.9. The molecule has 0 bridgehead atoms. The Morgan fingerprint density at radius 2 is 1.52 bits per heavy atom. The summed E-state index contributed by atoms with van der Waals surface area (Å²) in [5.74, 6) is 0.199. The van der Waals surface area contributed by atoms with Crippen LogP contribution in [0, 0.1) is 0 Å². The number of amides is 2. The first-order valence-electron chi connectivity index (χ1n) is 7.54. The summed E-state index contributed by atoms with van der Waals surface area (Å²) in [6.07, 6.45) is 0.756. The van der Waals surface area contributed by atoms with Gasteiger partial charge in [-0.2, -0.15) is 0 Å². The zero-order valence-corrected chi connectivity index (χ0v) is 14.2. The molecule has 3 rings (SSSR count). The minimum atomic E-state index is -0.135. The van der Waals surface area contributed by atoms with E-state index in [4.69, 9.17) is 4.42 Å². The number of furan rings is 1. The Morgan fingerprint density at radius 3 is 2.13 bits per heavy atom. The van der Waals surface area contributed by atoms with Crippen LogP contribution in [0.2, 0.25) is 0 Å². The highest BCUT2D eigenvalue weighted by molar-refractivity contribution is 9.10. The van der Waals surface area contributed by atoms with Crippen molar-refractivity contribution in [2.24, 2.45) is 0 Å². The van der Waals surface area contributed by atoms with E-state index < -0.39 is 0 Å². The molecule has 0 atom stereocenters. The third kappa shape index (κ3) is 3.64. The molecule has 2 aromatic rings. The van der Waals surface area contributed by atoms with Gasteiger partial charge in [0.25, 0.3) is 11.8 Å². The maximum absolute atomic E-state index is 12.5.